The zero-order chi connectivity index (χ0) is 18.8. The number of nitrogens with one attached hydrogen (secondary N) is 1. The van der Waals surface area contributed by atoms with Crippen molar-refractivity contribution in [3.05, 3.63) is 35.2 Å². The van der Waals surface area contributed by atoms with Gasteiger partial charge in [0.2, 0.25) is 5.91 Å². The van der Waals surface area contributed by atoms with Crippen LogP contribution in [0.1, 0.15) is 51.1 Å². The molecular weight excluding hydrogens is 326 g/mol. The first-order valence-electron chi connectivity index (χ1n) is 9.35. The Morgan fingerprint density at radius 3 is 2.62 bits per heavy atom. The van der Waals surface area contributed by atoms with E-state index in [0.29, 0.717) is 24.1 Å². The molecule has 1 aliphatic rings. The molecule has 1 aromatic carbocycles. The van der Waals surface area contributed by atoms with Crippen molar-refractivity contribution in [3.63, 3.8) is 0 Å². The van der Waals surface area contributed by atoms with Crippen LogP contribution in [0.2, 0.25) is 0 Å². The molecule has 0 atom stereocenters. The molecule has 1 amide bonds. The molecule has 0 fully saturated rings. The van der Waals surface area contributed by atoms with Crippen LogP contribution < -0.4 is 5.32 Å². The van der Waals surface area contributed by atoms with Gasteiger partial charge in [-0.3, -0.25) is 4.79 Å². The summed E-state index contributed by atoms with van der Waals surface area (Å²) in [6.45, 7) is 8.32. The van der Waals surface area contributed by atoms with Crippen molar-refractivity contribution in [1.29, 1.82) is 0 Å². The van der Waals surface area contributed by atoms with Crippen molar-refractivity contribution >= 4 is 11.7 Å². The average Bonchev–Trinajstić information content (AvgIpc) is 2.53. The van der Waals surface area contributed by atoms with E-state index in [1.807, 2.05) is 19.9 Å². The molecule has 5 nitrogen and oxygen atoms in total. The standard InChI is InChI=1S/C21H27N3O2/c1-12(2)9-18-21(24-19(26)10-13(3)4)23-17-8-5-14-11-15(25)6-7-16(14)20(17)22-18/h6-7,11-13,25H,5,8-10H2,1-4H3,(H,23,24,26). The molecule has 0 unspecified atom stereocenters. The first-order valence-corrected chi connectivity index (χ1v) is 9.35. The van der Waals surface area contributed by atoms with Gasteiger partial charge in [0, 0.05) is 12.0 Å². The molecule has 0 saturated heterocycles. The second-order valence-corrected chi connectivity index (χ2v) is 7.90. The van der Waals surface area contributed by atoms with E-state index < -0.39 is 0 Å². The van der Waals surface area contributed by atoms with Crippen LogP contribution in [0.15, 0.2) is 18.2 Å². The predicted octanol–water partition coefficient (Wildman–Crippen LogP) is 4.13. The normalized spacial score (nSPS) is 12.8. The van der Waals surface area contributed by atoms with Gasteiger partial charge in [0.1, 0.15) is 5.75 Å². The highest BCUT2D eigenvalue weighted by molar-refractivity contribution is 5.90. The smallest absolute Gasteiger partial charge is 0.225 e. The van der Waals surface area contributed by atoms with E-state index in [1.165, 1.54) is 0 Å². The number of benzene rings is 1. The van der Waals surface area contributed by atoms with Crippen LogP contribution in [-0.2, 0) is 24.1 Å². The molecule has 138 valence electrons. The Morgan fingerprint density at radius 1 is 1.15 bits per heavy atom. The molecule has 0 radical (unpaired) electrons. The number of hydrogen-bond donors (Lipinski definition) is 2. The Bertz CT molecular complexity index is 828. The van der Waals surface area contributed by atoms with Crippen molar-refractivity contribution in [2.24, 2.45) is 11.8 Å². The van der Waals surface area contributed by atoms with Gasteiger partial charge in [-0.2, -0.15) is 0 Å². The fourth-order valence-electron chi connectivity index (χ4n) is 3.35. The lowest BCUT2D eigenvalue weighted by Gasteiger charge is -2.21. The van der Waals surface area contributed by atoms with E-state index in [0.717, 1.165) is 47.5 Å². The number of amides is 1. The number of anilines is 1. The van der Waals surface area contributed by atoms with Crippen LogP contribution >= 0.6 is 0 Å². The molecule has 1 heterocycles. The number of aryl methyl sites for hydroxylation is 2. The summed E-state index contributed by atoms with van der Waals surface area (Å²) in [5, 5.41) is 12.7. The molecule has 0 aliphatic heterocycles. The topological polar surface area (TPSA) is 75.1 Å². The van der Waals surface area contributed by atoms with E-state index >= 15 is 0 Å². The fourth-order valence-corrected chi connectivity index (χ4v) is 3.35. The second kappa shape index (κ2) is 7.44. The highest BCUT2D eigenvalue weighted by atomic mass is 16.3. The minimum Gasteiger partial charge on any atom is -0.508 e. The molecule has 3 rings (SSSR count). The summed E-state index contributed by atoms with van der Waals surface area (Å²) in [5.41, 5.74) is 4.75. The van der Waals surface area contributed by atoms with Gasteiger partial charge in [-0.25, -0.2) is 9.97 Å². The van der Waals surface area contributed by atoms with Crippen LogP contribution in [0.3, 0.4) is 0 Å². The molecule has 2 N–H and O–H groups in total. The number of phenols is 1. The summed E-state index contributed by atoms with van der Waals surface area (Å²) in [5.74, 6) is 1.57. The third-order valence-electron chi connectivity index (χ3n) is 4.47. The van der Waals surface area contributed by atoms with Crippen molar-refractivity contribution in [2.75, 3.05) is 5.32 Å². The number of phenolic OH excluding ortho intramolecular Hbond substituents is 1. The van der Waals surface area contributed by atoms with Gasteiger partial charge in [-0.15, -0.1) is 0 Å². The lowest BCUT2D eigenvalue weighted by atomic mass is 9.91. The van der Waals surface area contributed by atoms with Gasteiger partial charge in [-0.1, -0.05) is 27.7 Å². The largest absolute Gasteiger partial charge is 0.508 e. The molecular formula is C21H27N3O2. The van der Waals surface area contributed by atoms with Crippen molar-refractivity contribution in [3.8, 4) is 17.0 Å². The lowest BCUT2D eigenvalue weighted by Crippen LogP contribution is -2.20. The van der Waals surface area contributed by atoms with Crippen molar-refractivity contribution in [1.82, 2.24) is 9.97 Å². The molecule has 26 heavy (non-hydrogen) atoms. The first kappa shape index (κ1) is 18.4. The summed E-state index contributed by atoms with van der Waals surface area (Å²) in [6.07, 6.45) is 2.80. The molecule has 1 aliphatic carbocycles. The molecule has 1 aromatic heterocycles. The SMILES string of the molecule is CC(C)CC(=O)Nc1nc2c(nc1CC(C)C)-c1ccc(O)cc1CC2. The Morgan fingerprint density at radius 2 is 1.92 bits per heavy atom. The highest BCUT2D eigenvalue weighted by Crippen LogP contribution is 2.34. The summed E-state index contributed by atoms with van der Waals surface area (Å²) in [6, 6.07) is 5.41. The van der Waals surface area contributed by atoms with Crippen LogP contribution in [0, 0.1) is 11.8 Å². The molecule has 0 spiro atoms. The summed E-state index contributed by atoms with van der Waals surface area (Å²) < 4.78 is 0. The van der Waals surface area contributed by atoms with E-state index in [9.17, 15) is 9.90 Å². The Labute approximate surface area is 154 Å². The predicted molar refractivity (Wildman–Crippen MR) is 103 cm³/mol. The molecule has 2 aromatic rings. The summed E-state index contributed by atoms with van der Waals surface area (Å²) >= 11 is 0. The minimum absolute atomic E-state index is 0.0135. The Balaban J connectivity index is 2.02. The van der Waals surface area contributed by atoms with E-state index in [-0.39, 0.29) is 11.7 Å². The number of fused-ring (bicyclic) bond motifs is 3. The first-order chi connectivity index (χ1) is 12.3. The van der Waals surface area contributed by atoms with Gasteiger partial charge < -0.3 is 10.4 Å². The Kier molecular flexibility index (Phi) is 5.25. The zero-order valence-corrected chi connectivity index (χ0v) is 16.0. The maximum Gasteiger partial charge on any atom is 0.225 e. The van der Waals surface area contributed by atoms with Gasteiger partial charge in [0.05, 0.1) is 17.1 Å². The van der Waals surface area contributed by atoms with Gasteiger partial charge in [0.15, 0.2) is 5.82 Å². The second-order valence-electron chi connectivity index (χ2n) is 7.90. The Hall–Kier alpha value is -2.43. The van der Waals surface area contributed by atoms with Gasteiger partial charge >= 0.3 is 0 Å². The van der Waals surface area contributed by atoms with E-state index in [1.54, 1.807) is 12.1 Å². The van der Waals surface area contributed by atoms with Gasteiger partial charge in [-0.05, 0) is 54.9 Å². The maximum atomic E-state index is 12.3. The number of rotatable bonds is 5. The number of hydrogen-bond acceptors (Lipinski definition) is 4. The van der Waals surface area contributed by atoms with Crippen LogP contribution in [-0.4, -0.2) is 21.0 Å². The maximum absolute atomic E-state index is 12.3. The third kappa shape index (κ3) is 4.03. The minimum atomic E-state index is -0.0135. The zero-order valence-electron chi connectivity index (χ0n) is 16.0. The quantitative estimate of drug-likeness (QED) is 0.847. The summed E-state index contributed by atoms with van der Waals surface area (Å²) in [7, 11) is 0. The summed E-state index contributed by atoms with van der Waals surface area (Å²) in [4.78, 5) is 21.9. The van der Waals surface area contributed by atoms with E-state index in [4.69, 9.17) is 9.97 Å². The lowest BCUT2D eigenvalue weighted by molar-refractivity contribution is -0.116. The third-order valence-corrected chi connectivity index (χ3v) is 4.47. The molecule has 5 heteroatoms. The molecule has 0 bridgehead atoms. The number of aromatic nitrogens is 2. The van der Waals surface area contributed by atoms with Gasteiger partial charge in [0.25, 0.3) is 0 Å². The van der Waals surface area contributed by atoms with Crippen LogP contribution in [0.25, 0.3) is 11.3 Å². The number of carbonyl (C=O) groups excluding carboxylic acids is 1. The highest BCUT2D eigenvalue weighted by Gasteiger charge is 2.23. The van der Waals surface area contributed by atoms with Crippen LogP contribution in [0.4, 0.5) is 5.82 Å². The average molecular weight is 353 g/mol. The number of nitrogens with zero attached hydrogens (tertiary/aromatic N) is 2. The van der Waals surface area contributed by atoms with Crippen molar-refractivity contribution < 1.29 is 9.90 Å². The van der Waals surface area contributed by atoms with Crippen molar-refractivity contribution in [2.45, 2.75) is 53.4 Å². The fraction of sp³-hybridized carbons (Fsp3) is 0.476. The monoisotopic (exact) mass is 353 g/mol. The molecule has 0 saturated carbocycles. The van der Waals surface area contributed by atoms with Crippen LogP contribution in [0.5, 0.6) is 5.75 Å². The van der Waals surface area contributed by atoms with E-state index in [2.05, 4.69) is 19.2 Å². The number of carbonyl (C=O) groups is 1. The number of aromatic hydroxyl groups is 1.